The number of hydrogen-bond donors (Lipinski definition) is 2. The summed E-state index contributed by atoms with van der Waals surface area (Å²) >= 11 is 0. The maximum atomic E-state index is 11.3. The van der Waals surface area contributed by atoms with Crippen molar-refractivity contribution in [2.24, 2.45) is 0 Å². The van der Waals surface area contributed by atoms with E-state index in [1.54, 1.807) is 0 Å². The normalized spacial score (nSPS) is 9.89. The average molecular weight is 252 g/mol. The van der Waals surface area contributed by atoms with Crippen LogP contribution in [0.1, 0.15) is 40.2 Å². The summed E-state index contributed by atoms with van der Waals surface area (Å²) in [4.78, 5) is 11.3. The highest BCUT2D eigenvalue weighted by atomic mass is 16.6. The lowest BCUT2D eigenvalue weighted by atomic mass is 10.2. The lowest BCUT2D eigenvalue weighted by molar-refractivity contribution is 0.0541. The van der Waals surface area contributed by atoms with Crippen molar-refractivity contribution in [3.05, 3.63) is 29.8 Å². The van der Waals surface area contributed by atoms with Gasteiger partial charge in [-0.05, 0) is 39.8 Å². The fourth-order valence-electron chi connectivity index (χ4n) is 1.06. The van der Waals surface area contributed by atoms with Gasteiger partial charge in [0.05, 0.1) is 5.69 Å². The highest BCUT2D eigenvalue weighted by Crippen LogP contribution is 2.08. The lowest BCUT2D eigenvalue weighted by Gasteiger charge is -2.20. The zero-order valence-electron chi connectivity index (χ0n) is 12.1. The number of anilines is 1. The summed E-state index contributed by atoms with van der Waals surface area (Å²) in [5, 5.41) is 0. The van der Waals surface area contributed by atoms with Gasteiger partial charge in [-0.1, -0.05) is 31.5 Å². The molecule has 0 bridgehead atoms. The standard InChI is InChI=1S/C12H18N2O2.C2H6/c1-9-5-7-10(8-6-9)13-14-11(15)16-12(2,3)4;1-2/h5-8,13H,1-4H3,(H,14,15);1-2H3. The van der Waals surface area contributed by atoms with Gasteiger partial charge in [0, 0.05) is 0 Å². The van der Waals surface area contributed by atoms with Gasteiger partial charge in [-0.15, -0.1) is 0 Å². The van der Waals surface area contributed by atoms with Crippen LogP contribution in [0.15, 0.2) is 24.3 Å². The van der Waals surface area contributed by atoms with Crippen LogP contribution in [0.25, 0.3) is 0 Å². The first kappa shape index (κ1) is 16.3. The first-order valence-corrected chi connectivity index (χ1v) is 6.18. The smallest absolute Gasteiger partial charge is 0.426 e. The van der Waals surface area contributed by atoms with E-state index in [1.165, 1.54) is 5.56 Å². The molecule has 1 amide bonds. The summed E-state index contributed by atoms with van der Waals surface area (Å²) in [5.41, 5.74) is 6.73. The largest absolute Gasteiger partial charge is 0.443 e. The predicted molar refractivity (Wildman–Crippen MR) is 75.5 cm³/mol. The third-order valence-corrected chi connectivity index (χ3v) is 1.76. The molecule has 1 aromatic rings. The number of hydrogen-bond acceptors (Lipinski definition) is 3. The molecule has 0 radical (unpaired) electrons. The van der Waals surface area contributed by atoms with Gasteiger partial charge in [0.2, 0.25) is 0 Å². The Kier molecular flexibility index (Phi) is 6.86. The Bertz CT molecular complexity index is 353. The van der Waals surface area contributed by atoms with Gasteiger partial charge in [-0.2, -0.15) is 0 Å². The first-order valence-electron chi connectivity index (χ1n) is 6.18. The summed E-state index contributed by atoms with van der Waals surface area (Å²) in [6.45, 7) is 11.5. The van der Waals surface area contributed by atoms with Gasteiger partial charge < -0.3 is 4.74 Å². The second-order valence-electron chi connectivity index (χ2n) is 4.62. The van der Waals surface area contributed by atoms with Crippen molar-refractivity contribution in [1.29, 1.82) is 0 Å². The molecular weight excluding hydrogens is 228 g/mol. The van der Waals surface area contributed by atoms with Crippen LogP contribution < -0.4 is 10.9 Å². The molecule has 0 aliphatic heterocycles. The summed E-state index contributed by atoms with van der Waals surface area (Å²) in [7, 11) is 0. The molecular formula is C14H24N2O2. The van der Waals surface area contributed by atoms with Gasteiger partial charge >= 0.3 is 6.09 Å². The molecule has 0 aromatic heterocycles. The van der Waals surface area contributed by atoms with Crippen molar-refractivity contribution in [1.82, 2.24) is 5.43 Å². The SMILES string of the molecule is CC.Cc1ccc(NNC(=O)OC(C)(C)C)cc1. The zero-order valence-corrected chi connectivity index (χ0v) is 12.1. The first-order chi connectivity index (χ1) is 8.37. The maximum Gasteiger partial charge on any atom is 0.426 e. The number of aryl methyl sites for hydroxylation is 1. The number of ether oxygens (including phenoxy) is 1. The third-order valence-electron chi connectivity index (χ3n) is 1.76. The second kappa shape index (κ2) is 7.58. The van der Waals surface area contributed by atoms with Gasteiger partial charge in [-0.3, -0.25) is 5.43 Å². The molecule has 0 unspecified atom stereocenters. The number of nitrogens with one attached hydrogen (secondary N) is 2. The van der Waals surface area contributed by atoms with Crippen molar-refractivity contribution in [3.63, 3.8) is 0 Å². The number of benzene rings is 1. The minimum absolute atomic E-state index is 0.487. The molecule has 2 N–H and O–H groups in total. The van der Waals surface area contributed by atoms with E-state index in [0.717, 1.165) is 5.69 Å². The van der Waals surface area contributed by atoms with Crippen LogP contribution in [0.5, 0.6) is 0 Å². The van der Waals surface area contributed by atoms with Gasteiger partial charge in [0.1, 0.15) is 5.60 Å². The molecule has 0 fully saturated rings. The Hall–Kier alpha value is -1.71. The minimum atomic E-state index is -0.493. The maximum absolute atomic E-state index is 11.3. The topological polar surface area (TPSA) is 50.4 Å². The van der Waals surface area contributed by atoms with Gasteiger partial charge in [0.15, 0.2) is 0 Å². The van der Waals surface area contributed by atoms with Crippen LogP contribution in [0, 0.1) is 6.92 Å². The van der Waals surface area contributed by atoms with Crippen LogP contribution in [0.4, 0.5) is 10.5 Å². The van der Waals surface area contributed by atoms with E-state index in [4.69, 9.17) is 4.74 Å². The Morgan fingerprint density at radius 3 is 2.06 bits per heavy atom. The van der Waals surface area contributed by atoms with Crippen molar-refractivity contribution >= 4 is 11.8 Å². The molecule has 0 atom stereocenters. The molecule has 4 heteroatoms. The predicted octanol–water partition coefficient (Wildman–Crippen LogP) is 3.87. The van der Waals surface area contributed by atoms with Crippen LogP contribution in [0.3, 0.4) is 0 Å². The molecule has 0 saturated heterocycles. The Morgan fingerprint density at radius 1 is 1.11 bits per heavy atom. The van der Waals surface area contributed by atoms with E-state index in [9.17, 15) is 4.79 Å². The molecule has 0 aliphatic carbocycles. The molecule has 0 saturated carbocycles. The number of rotatable bonds is 2. The van der Waals surface area contributed by atoms with Crippen LogP contribution in [-0.2, 0) is 4.74 Å². The summed E-state index contributed by atoms with van der Waals surface area (Å²) in [5.74, 6) is 0. The van der Waals surface area contributed by atoms with Crippen molar-refractivity contribution < 1.29 is 9.53 Å². The van der Waals surface area contributed by atoms with Crippen LogP contribution in [0.2, 0.25) is 0 Å². The van der Waals surface area contributed by atoms with E-state index in [1.807, 2.05) is 65.8 Å². The van der Waals surface area contributed by atoms with Crippen LogP contribution in [-0.4, -0.2) is 11.7 Å². The highest BCUT2D eigenvalue weighted by Gasteiger charge is 2.15. The summed E-state index contributed by atoms with van der Waals surface area (Å²) in [6, 6.07) is 7.68. The van der Waals surface area contributed by atoms with E-state index in [2.05, 4.69) is 10.9 Å². The summed E-state index contributed by atoms with van der Waals surface area (Å²) in [6.07, 6.45) is -0.493. The number of amides is 1. The van der Waals surface area contributed by atoms with Crippen molar-refractivity contribution in [3.8, 4) is 0 Å². The lowest BCUT2D eigenvalue weighted by Crippen LogP contribution is -2.35. The van der Waals surface area contributed by atoms with Crippen molar-refractivity contribution in [2.75, 3.05) is 5.43 Å². The number of carbonyl (C=O) groups excluding carboxylic acids is 1. The molecule has 0 aliphatic rings. The Balaban J connectivity index is 0.00000137. The van der Waals surface area contributed by atoms with E-state index < -0.39 is 11.7 Å². The number of hydrazine groups is 1. The fourth-order valence-corrected chi connectivity index (χ4v) is 1.06. The van der Waals surface area contributed by atoms with E-state index in [0.29, 0.717) is 0 Å². The Morgan fingerprint density at radius 2 is 1.61 bits per heavy atom. The quantitative estimate of drug-likeness (QED) is 0.785. The molecule has 0 heterocycles. The molecule has 18 heavy (non-hydrogen) atoms. The van der Waals surface area contributed by atoms with Crippen LogP contribution >= 0.6 is 0 Å². The average Bonchev–Trinajstić information content (AvgIpc) is 2.29. The van der Waals surface area contributed by atoms with E-state index >= 15 is 0 Å². The van der Waals surface area contributed by atoms with Gasteiger partial charge in [-0.25, -0.2) is 10.2 Å². The molecule has 0 spiro atoms. The third kappa shape index (κ3) is 7.54. The number of carbonyl (C=O) groups is 1. The molecule has 1 aromatic carbocycles. The monoisotopic (exact) mass is 252 g/mol. The minimum Gasteiger partial charge on any atom is -0.443 e. The summed E-state index contributed by atoms with van der Waals surface area (Å²) < 4.78 is 5.07. The van der Waals surface area contributed by atoms with Gasteiger partial charge in [0.25, 0.3) is 0 Å². The Labute approximate surface area is 110 Å². The van der Waals surface area contributed by atoms with E-state index in [-0.39, 0.29) is 0 Å². The second-order valence-corrected chi connectivity index (χ2v) is 4.62. The zero-order chi connectivity index (χ0) is 14.2. The molecule has 4 nitrogen and oxygen atoms in total. The highest BCUT2D eigenvalue weighted by molar-refractivity contribution is 5.69. The molecule has 1 rings (SSSR count). The van der Waals surface area contributed by atoms with Crippen molar-refractivity contribution in [2.45, 2.75) is 47.1 Å². The molecule has 102 valence electrons. The fraction of sp³-hybridized carbons (Fsp3) is 0.500.